The molecule has 0 aliphatic heterocycles. The van der Waals surface area contributed by atoms with Crippen LogP contribution in [0.3, 0.4) is 0 Å². The topological polar surface area (TPSA) is 17.1 Å². The molecule has 4 atom stereocenters. The predicted octanol–water partition coefficient (Wildman–Crippen LogP) is 2.57. The van der Waals surface area contributed by atoms with Gasteiger partial charge < -0.3 is 0 Å². The van der Waals surface area contributed by atoms with Crippen LogP contribution in [0.25, 0.3) is 0 Å². The van der Waals surface area contributed by atoms with Crippen molar-refractivity contribution < 1.29 is 4.79 Å². The van der Waals surface area contributed by atoms with Crippen LogP contribution < -0.4 is 0 Å². The van der Waals surface area contributed by atoms with Crippen LogP contribution in [0.4, 0.5) is 0 Å². The molecule has 12 heavy (non-hydrogen) atoms. The predicted molar refractivity (Wildman–Crippen MR) is 55.3 cm³/mol. The van der Waals surface area contributed by atoms with E-state index >= 15 is 0 Å². The molecule has 0 radical (unpaired) electrons. The van der Waals surface area contributed by atoms with Gasteiger partial charge in [-0.15, -0.1) is 0 Å². The summed E-state index contributed by atoms with van der Waals surface area (Å²) in [7, 11) is 0. The molecule has 4 saturated carbocycles. The Labute approximate surface area is 86.4 Å². The van der Waals surface area contributed by atoms with E-state index in [1.165, 1.54) is 32.1 Å². The Balaban J connectivity index is 2.02. The molecule has 0 N–H and O–H groups in total. The van der Waals surface area contributed by atoms with Crippen LogP contribution in [0, 0.1) is 17.8 Å². The van der Waals surface area contributed by atoms with Crippen LogP contribution in [0.5, 0.6) is 0 Å². The highest BCUT2D eigenvalue weighted by Gasteiger charge is 2.55. The standard InChI is InChI=1S/C10H13IO/c11-10-4-6-1-7(5-10)3-8(2-6)9(10)12/h6-8H,1-5H2/t6-,7+,8?,10?. The second-order valence-electron chi connectivity index (χ2n) is 4.87. The normalized spacial score (nSPS) is 56.4. The van der Waals surface area contributed by atoms with Gasteiger partial charge >= 0.3 is 0 Å². The Kier molecular flexibility index (Phi) is 1.46. The number of alkyl halides is 1. The highest BCUT2D eigenvalue weighted by molar-refractivity contribution is 14.1. The fourth-order valence-electron chi connectivity index (χ4n) is 3.68. The monoisotopic (exact) mass is 276 g/mol. The van der Waals surface area contributed by atoms with Crippen molar-refractivity contribution in [1.29, 1.82) is 0 Å². The summed E-state index contributed by atoms with van der Waals surface area (Å²) in [6.45, 7) is 0. The highest BCUT2D eigenvalue weighted by atomic mass is 127. The number of hydrogen-bond acceptors (Lipinski definition) is 1. The third-order valence-electron chi connectivity index (χ3n) is 3.94. The molecule has 4 aliphatic rings. The lowest BCUT2D eigenvalue weighted by Crippen LogP contribution is -2.54. The van der Waals surface area contributed by atoms with E-state index in [4.69, 9.17) is 0 Å². The van der Waals surface area contributed by atoms with Gasteiger partial charge in [-0.25, -0.2) is 0 Å². The summed E-state index contributed by atoms with van der Waals surface area (Å²) in [5, 5.41) is 0. The average molecular weight is 276 g/mol. The third kappa shape index (κ3) is 0.875. The Morgan fingerprint density at radius 3 is 2.25 bits per heavy atom. The molecule has 1 nitrogen and oxygen atoms in total. The minimum atomic E-state index is 0.0898. The van der Waals surface area contributed by atoms with Crippen molar-refractivity contribution in [2.45, 2.75) is 35.5 Å². The van der Waals surface area contributed by atoms with Gasteiger partial charge in [-0.3, -0.25) is 4.79 Å². The van der Waals surface area contributed by atoms with Crippen LogP contribution in [0.2, 0.25) is 0 Å². The minimum absolute atomic E-state index is 0.0898. The maximum absolute atomic E-state index is 11.9. The number of Topliss-reactive ketones (excluding diaryl/α,β-unsaturated/α-hetero) is 1. The zero-order valence-corrected chi connectivity index (χ0v) is 9.21. The number of rotatable bonds is 0. The van der Waals surface area contributed by atoms with Crippen molar-refractivity contribution in [3.8, 4) is 0 Å². The van der Waals surface area contributed by atoms with E-state index in [2.05, 4.69) is 22.6 Å². The number of carbonyl (C=O) groups is 1. The molecule has 4 aliphatic carbocycles. The summed E-state index contributed by atoms with van der Waals surface area (Å²) < 4.78 is 0.0898. The summed E-state index contributed by atoms with van der Waals surface area (Å²) in [6.07, 6.45) is 6.26. The maximum Gasteiger partial charge on any atom is 0.151 e. The Hall–Kier alpha value is 0.400. The van der Waals surface area contributed by atoms with Gasteiger partial charge in [0, 0.05) is 5.92 Å². The molecule has 2 heteroatoms. The zero-order chi connectivity index (χ0) is 8.34. The van der Waals surface area contributed by atoms with Gasteiger partial charge in [0.25, 0.3) is 0 Å². The molecule has 66 valence electrons. The molecule has 0 aromatic heterocycles. The second kappa shape index (κ2) is 2.25. The lowest BCUT2D eigenvalue weighted by molar-refractivity contribution is -0.135. The second-order valence-corrected chi connectivity index (χ2v) is 6.94. The van der Waals surface area contributed by atoms with Gasteiger partial charge in [0.15, 0.2) is 5.78 Å². The zero-order valence-electron chi connectivity index (χ0n) is 7.05. The molecule has 4 rings (SSSR count). The van der Waals surface area contributed by atoms with E-state index in [-0.39, 0.29) is 3.42 Å². The molecule has 2 unspecified atom stereocenters. The van der Waals surface area contributed by atoms with Crippen molar-refractivity contribution in [3.63, 3.8) is 0 Å². The summed E-state index contributed by atoms with van der Waals surface area (Å²) in [5.41, 5.74) is 0. The van der Waals surface area contributed by atoms with Gasteiger partial charge in [-0.1, -0.05) is 22.6 Å². The molecule has 4 fully saturated rings. The maximum atomic E-state index is 11.9. The SMILES string of the molecule is O=C1C2C[C@@H]3C[C@H](C2)CC1(I)C3. The first-order valence-electron chi connectivity index (χ1n) is 4.90. The molecule has 0 aromatic carbocycles. The lowest BCUT2D eigenvalue weighted by Gasteiger charge is -2.52. The third-order valence-corrected chi connectivity index (χ3v) is 5.35. The van der Waals surface area contributed by atoms with Gasteiger partial charge in [-0.05, 0) is 43.9 Å². The molecule has 0 heterocycles. The number of halogens is 1. The van der Waals surface area contributed by atoms with Gasteiger partial charge in [0.2, 0.25) is 0 Å². The van der Waals surface area contributed by atoms with Crippen LogP contribution in [-0.2, 0) is 4.79 Å². The summed E-state index contributed by atoms with van der Waals surface area (Å²) in [4.78, 5) is 11.9. The summed E-state index contributed by atoms with van der Waals surface area (Å²) in [5.74, 6) is 2.86. The van der Waals surface area contributed by atoms with E-state index in [1.54, 1.807) is 0 Å². The van der Waals surface area contributed by atoms with Crippen molar-refractivity contribution in [3.05, 3.63) is 0 Å². The first kappa shape index (κ1) is 7.77. The molecule has 0 aromatic rings. The van der Waals surface area contributed by atoms with Gasteiger partial charge in [0.1, 0.15) is 0 Å². The van der Waals surface area contributed by atoms with Crippen LogP contribution >= 0.6 is 22.6 Å². The quantitative estimate of drug-likeness (QED) is 0.491. The van der Waals surface area contributed by atoms with E-state index in [0.717, 1.165) is 11.8 Å². The fourth-order valence-corrected chi connectivity index (χ4v) is 5.36. The van der Waals surface area contributed by atoms with E-state index in [9.17, 15) is 4.79 Å². The van der Waals surface area contributed by atoms with E-state index in [0.29, 0.717) is 11.7 Å². The van der Waals surface area contributed by atoms with Crippen LogP contribution in [0.15, 0.2) is 0 Å². The molecular weight excluding hydrogens is 263 g/mol. The lowest BCUT2D eigenvalue weighted by atomic mass is 9.56. The average Bonchev–Trinajstić information content (AvgIpc) is 1.98. The minimum Gasteiger partial charge on any atom is -0.298 e. The smallest absolute Gasteiger partial charge is 0.151 e. The van der Waals surface area contributed by atoms with Crippen molar-refractivity contribution in [2.24, 2.45) is 17.8 Å². The largest absolute Gasteiger partial charge is 0.298 e. The van der Waals surface area contributed by atoms with Crippen LogP contribution in [-0.4, -0.2) is 9.20 Å². The molecule has 4 bridgehead atoms. The Bertz CT molecular complexity index is 234. The Morgan fingerprint density at radius 2 is 1.75 bits per heavy atom. The number of ketones is 1. The number of hydrogen-bond donors (Lipinski definition) is 0. The fraction of sp³-hybridized carbons (Fsp3) is 0.900. The molecule has 0 saturated heterocycles. The Morgan fingerprint density at radius 1 is 1.17 bits per heavy atom. The summed E-state index contributed by atoms with van der Waals surface area (Å²) >= 11 is 2.44. The van der Waals surface area contributed by atoms with Crippen molar-refractivity contribution in [1.82, 2.24) is 0 Å². The highest BCUT2D eigenvalue weighted by Crippen LogP contribution is 2.57. The van der Waals surface area contributed by atoms with Crippen molar-refractivity contribution in [2.75, 3.05) is 0 Å². The van der Waals surface area contributed by atoms with Gasteiger partial charge in [0.05, 0.1) is 3.42 Å². The van der Waals surface area contributed by atoms with Gasteiger partial charge in [-0.2, -0.15) is 0 Å². The van der Waals surface area contributed by atoms with Crippen molar-refractivity contribution >= 4 is 28.4 Å². The van der Waals surface area contributed by atoms with Crippen LogP contribution in [0.1, 0.15) is 32.1 Å². The molecule has 0 amide bonds. The number of carbonyl (C=O) groups excluding carboxylic acids is 1. The van der Waals surface area contributed by atoms with E-state index in [1.807, 2.05) is 0 Å². The first-order chi connectivity index (χ1) is 5.67. The summed E-state index contributed by atoms with van der Waals surface area (Å²) in [6, 6.07) is 0. The molecule has 0 spiro atoms. The molecular formula is C10H13IO. The first-order valence-corrected chi connectivity index (χ1v) is 5.98. The van der Waals surface area contributed by atoms with E-state index < -0.39 is 0 Å².